The maximum atomic E-state index is 11.2. The zero-order valence-electron chi connectivity index (χ0n) is 9.89. The molecule has 0 saturated heterocycles. The Labute approximate surface area is 115 Å². The number of nitrogens with zero attached hydrogens (tertiary/aromatic N) is 1. The average molecular weight is 292 g/mol. The standard InChI is InChI=1S/C10H15Cl2N5O/c1-2-14-8(18)3-4-15-9-6(11)5-7(12)10(16-9)17-13/h5H,2-4,13H2,1H3,(H,14,18)(H2,15,16,17). The van der Waals surface area contributed by atoms with Crippen molar-refractivity contribution in [1.82, 2.24) is 10.3 Å². The van der Waals surface area contributed by atoms with Gasteiger partial charge in [0.05, 0.1) is 10.0 Å². The second kappa shape index (κ2) is 7.25. The van der Waals surface area contributed by atoms with Gasteiger partial charge in [-0.2, -0.15) is 0 Å². The smallest absolute Gasteiger partial charge is 0.221 e. The van der Waals surface area contributed by atoms with Gasteiger partial charge in [0, 0.05) is 19.5 Å². The number of hydrogen-bond donors (Lipinski definition) is 4. The quantitative estimate of drug-likeness (QED) is 0.472. The molecule has 0 saturated carbocycles. The monoisotopic (exact) mass is 291 g/mol. The molecule has 5 N–H and O–H groups in total. The molecule has 100 valence electrons. The van der Waals surface area contributed by atoms with Crippen LogP contribution in [0.15, 0.2) is 6.07 Å². The van der Waals surface area contributed by atoms with Crippen molar-refractivity contribution in [3.8, 4) is 0 Å². The molecule has 1 heterocycles. The molecule has 0 aliphatic rings. The molecule has 0 fully saturated rings. The molecule has 6 nitrogen and oxygen atoms in total. The van der Waals surface area contributed by atoms with E-state index in [0.29, 0.717) is 41.2 Å². The number of carbonyl (C=O) groups is 1. The largest absolute Gasteiger partial charge is 0.368 e. The Hall–Kier alpha value is -1.24. The van der Waals surface area contributed by atoms with Crippen LogP contribution in [0.3, 0.4) is 0 Å². The summed E-state index contributed by atoms with van der Waals surface area (Å²) in [6.45, 7) is 2.90. The number of nitrogens with one attached hydrogen (secondary N) is 3. The number of carbonyl (C=O) groups excluding carboxylic acids is 1. The Kier molecular flexibility index (Phi) is 5.97. The molecule has 0 bridgehead atoms. The Bertz CT molecular complexity index is 427. The van der Waals surface area contributed by atoms with Crippen LogP contribution >= 0.6 is 23.2 Å². The molecular weight excluding hydrogens is 277 g/mol. The van der Waals surface area contributed by atoms with E-state index in [1.165, 1.54) is 6.07 Å². The predicted octanol–water partition coefficient (Wildman–Crippen LogP) is 1.61. The number of pyridine rings is 1. The van der Waals surface area contributed by atoms with E-state index in [2.05, 4.69) is 21.0 Å². The normalized spacial score (nSPS) is 10.0. The number of hydrazine groups is 1. The van der Waals surface area contributed by atoms with Crippen LogP contribution < -0.4 is 21.9 Å². The van der Waals surface area contributed by atoms with Crippen molar-refractivity contribution in [1.29, 1.82) is 0 Å². The summed E-state index contributed by atoms with van der Waals surface area (Å²) in [6.07, 6.45) is 0.333. The highest BCUT2D eigenvalue weighted by atomic mass is 35.5. The first-order chi connectivity index (χ1) is 8.58. The lowest BCUT2D eigenvalue weighted by Gasteiger charge is -2.10. The highest BCUT2D eigenvalue weighted by Crippen LogP contribution is 2.28. The van der Waals surface area contributed by atoms with Gasteiger partial charge >= 0.3 is 0 Å². The van der Waals surface area contributed by atoms with Crippen LogP contribution in [0.4, 0.5) is 11.6 Å². The van der Waals surface area contributed by atoms with Crippen LogP contribution in [-0.4, -0.2) is 24.0 Å². The van der Waals surface area contributed by atoms with E-state index in [9.17, 15) is 4.79 Å². The molecule has 1 aromatic heterocycles. The van der Waals surface area contributed by atoms with Gasteiger partial charge in [-0.15, -0.1) is 0 Å². The number of amides is 1. The first kappa shape index (κ1) is 14.8. The van der Waals surface area contributed by atoms with Crippen LogP contribution in [0.5, 0.6) is 0 Å². The lowest BCUT2D eigenvalue weighted by atomic mass is 10.3. The minimum Gasteiger partial charge on any atom is -0.368 e. The molecule has 0 aromatic carbocycles. The van der Waals surface area contributed by atoms with E-state index in [4.69, 9.17) is 29.0 Å². The summed E-state index contributed by atoms with van der Waals surface area (Å²) in [7, 11) is 0. The van der Waals surface area contributed by atoms with Gasteiger partial charge in [-0.1, -0.05) is 23.2 Å². The molecule has 0 aliphatic heterocycles. The third-order valence-corrected chi connectivity index (χ3v) is 2.66. The topological polar surface area (TPSA) is 92.1 Å². The van der Waals surface area contributed by atoms with Crippen LogP contribution in [0.1, 0.15) is 13.3 Å². The van der Waals surface area contributed by atoms with Crippen molar-refractivity contribution >= 4 is 40.7 Å². The number of nitrogens with two attached hydrogens (primary N) is 1. The minimum absolute atomic E-state index is 0.0349. The lowest BCUT2D eigenvalue weighted by Crippen LogP contribution is -2.25. The van der Waals surface area contributed by atoms with Crippen molar-refractivity contribution in [3.05, 3.63) is 16.1 Å². The highest BCUT2D eigenvalue weighted by Gasteiger charge is 2.08. The molecule has 1 rings (SSSR count). The summed E-state index contributed by atoms with van der Waals surface area (Å²) in [5.74, 6) is 5.97. The number of aromatic nitrogens is 1. The number of rotatable bonds is 6. The van der Waals surface area contributed by atoms with Crippen molar-refractivity contribution < 1.29 is 4.79 Å². The second-order valence-corrected chi connectivity index (χ2v) is 4.24. The molecule has 0 atom stereocenters. The maximum Gasteiger partial charge on any atom is 0.221 e. The third kappa shape index (κ3) is 4.21. The number of nitrogen functional groups attached to an aromatic ring is 1. The Morgan fingerprint density at radius 2 is 2.06 bits per heavy atom. The van der Waals surface area contributed by atoms with Gasteiger partial charge in [-0.25, -0.2) is 10.8 Å². The van der Waals surface area contributed by atoms with E-state index in [0.717, 1.165) is 0 Å². The van der Waals surface area contributed by atoms with Crippen molar-refractivity contribution in [2.45, 2.75) is 13.3 Å². The van der Waals surface area contributed by atoms with Gasteiger partial charge < -0.3 is 16.1 Å². The van der Waals surface area contributed by atoms with Gasteiger partial charge in [0.2, 0.25) is 5.91 Å². The fraction of sp³-hybridized carbons (Fsp3) is 0.400. The van der Waals surface area contributed by atoms with Gasteiger partial charge in [-0.3, -0.25) is 4.79 Å². The van der Waals surface area contributed by atoms with Crippen LogP contribution in [0.25, 0.3) is 0 Å². The SMILES string of the molecule is CCNC(=O)CCNc1nc(NN)c(Cl)cc1Cl. The molecule has 0 spiro atoms. The third-order valence-electron chi connectivity index (χ3n) is 2.08. The van der Waals surface area contributed by atoms with Crippen molar-refractivity contribution in [3.63, 3.8) is 0 Å². The average Bonchev–Trinajstić information content (AvgIpc) is 2.32. The van der Waals surface area contributed by atoms with E-state index < -0.39 is 0 Å². The Balaban J connectivity index is 2.59. The summed E-state index contributed by atoms with van der Waals surface area (Å²) in [6, 6.07) is 1.53. The first-order valence-electron chi connectivity index (χ1n) is 5.41. The number of hydrogen-bond acceptors (Lipinski definition) is 5. The highest BCUT2D eigenvalue weighted by molar-refractivity contribution is 6.37. The molecule has 0 aliphatic carbocycles. The van der Waals surface area contributed by atoms with E-state index in [1.807, 2.05) is 6.92 Å². The molecule has 1 amide bonds. The molecule has 0 radical (unpaired) electrons. The first-order valence-corrected chi connectivity index (χ1v) is 6.17. The summed E-state index contributed by atoms with van der Waals surface area (Å²) in [4.78, 5) is 15.3. The fourth-order valence-electron chi connectivity index (χ4n) is 1.27. The van der Waals surface area contributed by atoms with E-state index >= 15 is 0 Å². The zero-order chi connectivity index (χ0) is 13.5. The molecule has 18 heavy (non-hydrogen) atoms. The maximum absolute atomic E-state index is 11.2. The number of anilines is 2. The predicted molar refractivity (Wildman–Crippen MR) is 73.9 cm³/mol. The van der Waals surface area contributed by atoms with Crippen LogP contribution in [0.2, 0.25) is 10.0 Å². The van der Waals surface area contributed by atoms with E-state index in [1.54, 1.807) is 0 Å². The fourth-order valence-corrected chi connectivity index (χ4v) is 1.75. The summed E-state index contributed by atoms with van der Waals surface area (Å²) in [5, 5.41) is 6.34. The molecule has 8 heteroatoms. The Morgan fingerprint density at radius 1 is 1.39 bits per heavy atom. The van der Waals surface area contributed by atoms with Crippen molar-refractivity contribution in [2.24, 2.45) is 5.84 Å². The second-order valence-electron chi connectivity index (χ2n) is 3.42. The lowest BCUT2D eigenvalue weighted by molar-refractivity contribution is -0.120. The summed E-state index contributed by atoms with van der Waals surface area (Å²) >= 11 is 11.8. The summed E-state index contributed by atoms with van der Waals surface area (Å²) < 4.78 is 0. The molecular formula is C10H15Cl2N5O. The van der Waals surface area contributed by atoms with E-state index in [-0.39, 0.29) is 5.91 Å². The van der Waals surface area contributed by atoms with Crippen molar-refractivity contribution in [2.75, 3.05) is 23.8 Å². The minimum atomic E-state index is -0.0349. The molecule has 0 unspecified atom stereocenters. The van der Waals surface area contributed by atoms with Gasteiger partial charge in [0.15, 0.2) is 5.82 Å². The Morgan fingerprint density at radius 3 is 2.67 bits per heavy atom. The van der Waals surface area contributed by atoms with Gasteiger partial charge in [0.1, 0.15) is 5.82 Å². The zero-order valence-corrected chi connectivity index (χ0v) is 11.4. The van der Waals surface area contributed by atoms with Gasteiger partial charge in [-0.05, 0) is 13.0 Å². The number of halogens is 2. The van der Waals surface area contributed by atoms with Gasteiger partial charge in [0.25, 0.3) is 0 Å². The van der Waals surface area contributed by atoms with Crippen LogP contribution in [0, 0.1) is 0 Å². The van der Waals surface area contributed by atoms with Crippen LogP contribution in [-0.2, 0) is 4.79 Å². The molecule has 1 aromatic rings. The summed E-state index contributed by atoms with van der Waals surface area (Å²) in [5.41, 5.74) is 2.36.